The predicted molar refractivity (Wildman–Crippen MR) is 117 cm³/mol. The molecule has 0 bridgehead atoms. The van der Waals surface area contributed by atoms with Gasteiger partial charge in [-0.3, -0.25) is 0 Å². The summed E-state index contributed by atoms with van der Waals surface area (Å²) < 4.78 is 0. The molecule has 4 rings (SSSR count). The summed E-state index contributed by atoms with van der Waals surface area (Å²) >= 11 is 0. The van der Waals surface area contributed by atoms with Crippen molar-refractivity contribution in [1.29, 1.82) is 0 Å². The van der Waals surface area contributed by atoms with Crippen molar-refractivity contribution in [3.8, 4) is 11.1 Å². The third kappa shape index (κ3) is 4.72. The molecule has 0 aliphatic heterocycles. The molecule has 1 fully saturated rings. The van der Waals surface area contributed by atoms with Crippen LogP contribution >= 0.6 is 0 Å². The molecule has 0 aromatic heterocycles. The fraction of sp³-hybridized carbons (Fsp3) is 0.360. The van der Waals surface area contributed by atoms with E-state index in [-0.39, 0.29) is 26.2 Å². The van der Waals surface area contributed by atoms with Crippen LogP contribution in [0.15, 0.2) is 54.1 Å². The van der Waals surface area contributed by atoms with Crippen molar-refractivity contribution in [2.45, 2.75) is 51.7 Å². The number of allylic oxidation sites excluding steroid dienone is 2. The number of rotatable bonds is 3. The van der Waals surface area contributed by atoms with Crippen LogP contribution in [0.1, 0.15) is 32.1 Å². The summed E-state index contributed by atoms with van der Waals surface area (Å²) in [6, 6.07) is 15.9. The molecule has 0 nitrogen and oxygen atoms in total. The van der Waals surface area contributed by atoms with E-state index in [1.165, 1.54) is 64.4 Å². The fourth-order valence-corrected chi connectivity index (χ4v) is 5.39. The van der Waals surface area contributed by atoms with E-state index in [4.69, 9.17) is 0 Å². The Morgan fingerprint density at radius 2 is 1.63 bits per heavy atom. The third-order valence-electron chi connectivity index (χ3n) is 5.81. The zero-order valence-corrected chi connectivity index (χ0v) is 20.3. The monoisotopic (exact) mass is 447 g/mol. The van der Waals surface area contributed by atoms with Gasteiger partial charge in [-0.2, -0.15) is 0 Å². The minimum absolute atomic E-state index is 0. The summed E-state index contributed by atoms with van der Waals surface area (Å²) in [7, 11) is -1.24. The van der Waals surface area contributed by atoms with E-state index < -0.39 is 8.07 Å². The topological polar surface area (TPSA) is 0 Å². The van der Waals surface area contributed by atoms with Crippen molar-refractivity contribution in [1.82, 2.24) is 0 Å². The Morgan fingerprint density at radius 1 is 0.926 bits per heavy atom. The van der Waals surface area contributed by atoms with Crippen LogP contribution < -0.4 is 15.6 Å². The second kappa shape index (κ2) is 8.58. The second-order valence-electron chi connectivity index (χ2n) is 8.88. The molecule has 0 radical (unpaired) electrons. The maximum atomic E-state index is 3.64. The zero-order valence-electron chi connectivity index (χ0n) is 16.8. The van der Waals surface area contributed by atoms with Gasteiger partial charge in [0.15, 0.2) is 0 Å². The van der Waals surface area contributed by atoms with E-state index in [1.807, 2.05) is 0 Å². The Hall–Kier alpha value is -0.980. The molecule has 0 heterocycles. The summed E-state index contributed by atoms with van der Waals surface area (Å²) in [5.41, 5.74) is 3.95. The van der Waals surface area contributed by atoms with Crippen molar-refractivity contribution in [2.24, 2.45) is 5.92 Å². The summed E-state index contributed by atoms with van der Waals surface area (Å²) in [5, 5.41) is 4.11. The van der Waals surface area contributed by atoms with Crippen molar-refractivity contribution in [3.05, 3.63) is 64.6 Å². The summed E-state index contributed by atoms with van der Waals surface area (Å²) in [5.74, 6) is 0.747. The molecule has 138 valence electrons. The Bertz CT molecular complexity index is 939. The third-order valence-corrected chi connectivity index (χ3v) is 7.88. The Labute approximate surface area is 184 Å². The minimum Gasteiger partial charge on any atom is -0.145 e. The minimum atomic E-state index is -1.24. The van der Waals surface area contributed by atoms with Crippen LogP contribution in [0.4, 0.5) is 0 Å². The summed E-state index contributed by atoms with van der Waals surface area (Å²) in [6.07, 6.45) is 15.3. The van der Waals surface area contributed by atoms with E-state index >= 15 is 0 Å². The molecular formula is C25H29SiZr-. The van der Waals surface area contributed by atoms with Gasteiger partial charge in [-0.1, -0.05) is 98.9 Å². The molecule has 2 aliphatic carbocycles. The van der Waals surface area contributed by atoms with E-state index in [0.717, 1.165) is 5.92 Å². The molecule has 0 amide bonds. The molecule has 2 aromatic carbocycles. The normalized spacial score (nSPS) is 18.4. The van der Waals surface area contributed by atoms with Gasteiger partial charge in [0.25, 0.3) is 0 Å². The standard InChI is InChI=1S/C25H29Si.Zr/c1-26(2,3)23-14-12-21(13-15-23)24-11-7-10-22-17-20(18-25(22)24)16-19-8-5-4-6-9-19;/h7,10-16,18-19H,4-6,8-9H2,1-3H3;/q-1;. The van der Waals surface area contributed by atoms with Gasteiger partial charge in [0, 0.05) is 26.2 Å². The Kier molecular flexibility index (Phi) is 6.59. The second-order valence-corrected chi connectivity index (χ2v) is 14.0. The molecule has 0 atom stereocenters. The van der Waals surface area contributed by atoms with Gasteiger partial charge in [0.2, 0.25) is 0 Å². The molecule has 0 spiro atoms. The Balaban J connectivity index is 0.00000210. The van der Waals surface area contributed by atoms with Crippen molar-refractivity contribution < 1.29 is 26.2 Å². The largest absolute Gasteiger partial charge is 0.145 e. The first-order valence-corrected chi connectivity index (χ1v) is 13.6. The van der Waals surface area contributed by atoms with Crippen molar-refractivity contribution in [3.63, 3.8) is 0 Å². The molecule has 2 aromatic rings. The molecule has 0 N–H and O–H groups in total. The fourth-order valence-electron chi connectivity index (χ4n) is 4.22. The van der Waals surface area contributed by atoms with Gasteiger partial charge in [0.05, 0.1) is 8.07 Å². The maximum absolute atomic E-state index is 3.64. The number of hydrogen-bond acceptors (Lipinski definition) is 0. The molecule has 0 saturated heterocycles. The molecular weight excluding hydrogens is 420 g/mol. The zero-order chi connectivity index (χ0) is 18.1. The van der Waals surface area contributed by atoms with Gasteiger partial charge >= 0.3 is 0 Å². The first-order valence-electron chi connectivity index (χ1n) is 10.1. The van der Waals surface area contributed by atoms with Gasteiger partial charge in [-0.05, 0) is 11.5 Å². The molecule has 2 heteroatoms. The van der Waals surface area contributed by atoms with Crippen LogP contribution in [0.5, 0.6) is 0 Å². The van der Waals surface area contributed by atoms with E-state index in [0.29, 0.717) is 0 Å². The van der Waals surface area contributed by atoms with Crippen LogP contribution in [0.3, 0.4) is 0 Å². The molecule has 1 saturated carbocycles. The van der Waals surface area contributed by atoms with E-state index in [2.05, 4.69) is 80.3 Å². The van der Waals surface area contributed by atoms with Crippen molar-refractivity contribution >= 4 is 25.4 Å². The summed E-state index contributed by atoms with van der Waals surface area (Å²) in [4.78, 5) is 0. The van der Waals surface area contributed by atoms with Crippen LogP contribution in [0.2, 0.25) is 19.6 Å². The predicted octanol–water partition coefficient (Wildman–Crippen LogP) is 4.85. The first kappa shape index (κ1) is 20.7. The number of benzene rings is 2. The van der Waals surface area contributed by atoms with Gasteiger partial charge in [0.1, 0.15) is 0 Å². The molecule has 2 aliphatic rings. The van der Waals surface area contributed by atoms with Crippen LogP contribution in [-0.4, -0.2) is 8.07 Å². The number of hydrogen-bond donors (Lipinski definition) is 0. The van der Waals surface area contributed by atoms with Crippen LogP contribution in [0, 0.1) is 5.92 Å². The molecule has 27 heavy (non-hydrogen) atoms. The van der Waals surface area contributed by atoms with Gasteiger partial charge < -0.3 is 0 Å². The van der Waals surface area contributed by atoms with Crippen molar-refractivity contribution in [2.75, 3.05) is 0 Å². The number of fused-ring (bicyclic) bond motifs is 1. The maximum Gasteiger partial charge on any atom is 0.0775 e. The van der Waals surface area contributed by atoms with E-state index in [1.54, 1.807) is 0 Å². The van der Waals surface area contributed by atoms with Crippen LogP contribution in [0.25, 0.3) is 23.3 Å². The van der Waals surface area contributed by atoms with Crippen LogP contribution in [-0.2, 0) is 26.2 Å². The molecule has 0 unspecified atom stereocenters. The SMILES string of the molecule is C[Si](C)(C)c1ccc(-c2cccc3c2=CC(=CC2CCCCC2)[C-]=3)cc1.[Zr]. The van der Waals surface area contributed by atoms with Gasteiger partial charge in [-0.25, -0.2) is 0 Å². The quantitative estimate of drug-likeness (QED) is 0.465. The first-order chi connectivity index (χ1) is 12.5. The smallest absolute Gasteiger partial charge is 0.0775 e. The Morgan fingerprint density at radius 3 is 2.30 bits per heavy atom. The average Bonchev–Trinajstić information content (AvgIpc) is 3.04. The van der Waals surface area contributed by atoms with E-state index in [9.17, 15) is 0 Å². The summed E-state index contributed by atoms with van der Waals surface area (Å²) in [6.45, 7) is 7.22. The van der Waals surface area contributed by atoms with Gasteiger partial charge in [-0.15, -0.1) is 40.3 Å². The average molecular weight is 449 g/mol.